The van der Waals surface area contributed by atoms with Gasteiger partial charge in [0.25, 0.3) is 10.0 Å². The van der Waals surface area contributed by atoms with Gasteiger partial charge in [0.05, 0.1) is 29.3 Å². The zero-order chi connectivity index (χ0) is 26.3. The molecular weight excluding hydrogens is 586 g/mol. The van der Waals surface area contributed by atoms with Crippen LogP contribution in [0.15, 0.2) is 76.1 Å². The molecule has 1 heterocycles. The largest absolute Gasteiger partial charge is 0.465 e. The molecule has 0 bridgehead atoms. The number of esters is 1. The van der Waals surface area contributed by atoms with E-state index >= 15 is 0 Å². The van der Waals surface area contributed by atoms with Gasteiger partial charge in [0.1, 0.15) is 15.7 Å². The minimum Gasteiger partial charge on any atom is -0.465 e. The van der Waals surface area contributed by atoms with E-state index in [0.717, 1.165) is 33.5 Å². The van der Waals surface area contributed by atoms with Crippen molar-refractivity contribution in [1.29, 1.82) is 0 Å². The first-order chi connectivity index (χ1) is 16.9. The van der Waals surface area contributed by atoms with E-state index in [1.807, 2.05) is 0 Å². The predicted octanol–water partition coefficient (Wildman–Crippen LogP) is 7.00. The van der Waals surface area contributed by atoms with Gasteiger partial charge < -0.3 is 4.74 Å². The number of sulfonamides is 1. The maximum atomic E-state index is 14.0. The number of carbonyl (C=O) groups is 1. The smallest absolute Gasteiger partial charge is 0.419 e. The molecule has 0 unspecified atom stereocenters. The quantitative estimate of drug-likeness (QED) is 0.176. The molecule has 3 aromatic carbocycles. The van der Waals surface area contributed by atoms with Gasteiger partial charge in [-0.1, -0.05) is 36.4 Å². The highest BCUT2D eigenvalue weighted by Gasteiger charge is 2.36. The van der Waals surface area contributed by atoms with Crippen molar-refractivity contribution in [3.8, 4) is 0 Å². The Bertz CT molecular complexity index is 1570. The molecular formula is C24H16BrF4NO4S2. The van der Waals surface area contributed by atoms with Crippen LogP contribution < -0.4 is 4.31 Å². The summed E-state index contributed by atoms with van der Waals surface area (Å²) in [5.41, 5.74) is -1.85. The lowest BCUT2D eigenvalue weighted by molar-refractivity contribution is -0.140. The summed E-state index contributed by atoms with van der Waals surface area (Å²) < 4.78 is 88.6. The standard InChI is InChI=1S/C24H16BrF4NO4S2/c1-34-23(31)16-7-3-5-9-20(16)36(32,33)30(22-21(25)15-6-2-4-8-19(15)35-22)13-14-10-11-18(26)17(12-14)24(27,28)29/h2-12H,13H2,1H3. The third-order valence-electron chi connectivity index (χ3n) is 5.27. The zero-order valence-electron chi connectivity index (χ0n) is 18.3. The number of thiophene rings is 1. The van der Waals surface area contributed by atoms with Crippen molar-refractivity contribution < 1.29 is 35.5 Å². The first kappa shape index (κ1) is 26.1. The molecule has 0 saturated carbocycles. The summed E-state index contributed by atoms with van der Waals surface area (Å²) in [4.78, 5) is 11.9. The minimum atomic E-state index is -4.97. The SMILES string of the molecule is COC(=O)c1ccccc1S(=O)(=O)N(Cc1ccc(F)c(C(F)(F)F)c1)c1sc2ccccc2c1Br. The van der Waals surface area contributed by atoms with E-state index < -0.39 is 40.1 Å². The molecule has 12 heteroatoms. The molecule has 188 valence electrons. The highest BCUT2D eigenvalue weighted by molar-refractivity contribution is 9.10. The molecule has 0 fully saturated rings. The number of alkyl halides is 3. The van der Waals surface area contributed by atoms with Crippen LogP contribution in [0.2, 0.25) is 0 Å². The summed E-state index contributed by atoms with van der Waals surface area (Å²) in [5.74, 6) is -2.37. The normalized spacial score (nSPS) is 12.1. The second kappa shape index (κ2) is 9.83. The number of halogens is 5. The second-order valence-corrected chi connectivity index (χ2v) is 11.2. The predicted molar refractivity (Wildman–Crippen MR) is 132 cm³/mol. The first-order valence-corrected chi connectivity index (χ1v) is 13.2. The molecule has 1 aromatic heterocycles. The van der Waals surface area contributed by atoms with Gasteiger partial charge >= 0.3 is 12.1 Å². The molecule has 0 spiro atoms. The van der Waals surface area contributed by atoms with Crippen molar-refractivity contribution in [3.63, 3.8) is 0 Å². The van der Waals surface area contributed by atoms with Gasteiger partial charge in [-0.15, -0.1) is 11.3 Å². The van der Waals surface area contributed by atoms with Crippen LogP contribution in [0.4, 0.5) is 22.6 Å². The maximum Gasteiger partial charge on any atom is 0.419 e. The van der Waals surface area contributed by atoms with E-state index in [0.29, 0.717) is 22.0 Å². The van der Waals surface area contributed by atoms with E-state index in [1.165, 1.54) is 24.3 Å². The Morgan fingerprint density at radius 3 is 2.39 bits per heavy atom. The average molecular weight is 602 g/mol. The van der Waals surface area contributed by atoms with E-state index in [4.69, 9.17) is 4.74 Å². The van der Waals surface area contributed by atoms with Crippen LogP contribution in [0.25, 0.3) is 10.1 Å². The van der Waals surface area contributed by atoms with Crippen molar-refractivity contribution in [3.05, 3.63) is 93.7 Å². The number of anilines is 1. The lowest BCUT2D eigenvalue weighted by Gasteiger charge is -2.25. The lowest BCUT2D eigenvalue weighted by Crippen LogP contribution is -2.31. The van der Waals surface area contributed by atoms with E-state index in [9.17, 15) is 30.8 Å². The van der Waals surface area contributed by atoms with Gasteiger partial charge in [-0.2, -0.15) is 13.2 Å². The molecule has 0 aliphatic carbocycles. The van der Waals surface area contributed by atoms with Gasteiger partial charge in [-0.3, -0.25) is 4.31 Å². The Kier molecular flexibility index (Phi) is 7.13. The third-order valence-corrected chi connectivity index (χ3v) is 9.45. The summed E-state index contributed by atoms with van der Waals surface area (Å²) in [5, 5.41) is 0.864. The minimum absolute atomic E-state index is 0.104. The Hall–Kier alpha value is -2.96. The fourth-order valence-corrected chi connectivity index (χ4v) is 7.57. The summed E-state index contributed by atoms with van der Waals surface area (Å²) in [6, 6.07) is 14.7. The highest BCUT2D eigenvalue weighted by Crippen LogP contribution is 2.45. The fourth-order valence-electron chi connectivity index (χ4n) is 3.57. The van der Waals surface area contributed by atoms with Crippen LogP contribution in [0.5, 0.6) is 0 Å². The summed E-state index contributed by atoms with van der Waals surface area (Å²) in [6.45, 7) is -0.563. The number of nitrogens with zero attached hydrogens (tertiary/aromatic N) is 1. The van der Waals surface area contributed by atoms with Crippen molar-refractivity contribution in [2.24, 2.45) is 0 Å². The number of ether oxygens (including phenoxy) is 1. The Labute approximate surface area is 216 Å². The molecule has 0 amide bonds. The molecule has 0 aliphatic heterocycles. The van der Waals surface area contributed by atoms with Gasteiger partial charge in [0.15, 0.2) is 0 Å². The van der Waals surface area contributed by atoms with Crippen LogP contribution in [0, 0.1) is 5.82 Å². The molecule has 5 nitrogen and oxygen atoms in total. The molecule has 0 atom stereocenters. The number of hydrogen-bond donors (Lipinski definition) is 0. The number of rotatable bonds is 6. The zero-order valence-corrected chi connectivity index (χ0v) is 21.6. The van der Waals surface area contributed by atoms with E-state index in [-0.39, 0.29) is 21.0 Å². The molecule has 0 N–H and O–H groups in total. The molecule has 4 aromatic rings. The lowest BCUT2D eigenvalue weighted by atomic mass is 10.1. The Morgan fingerprint density at radius 1 is 1.06 bits per heavy atom. The second-order valence-electron chi connectivity index (χ2n) is 7.53. The molecule has 0 saturated heterocycles. The highest BCUT2D eigenvalue weighted by atomic mass is 79.9. The van der Waals surface area contributed by atoms with Crippen LogP contribution in [0.3, 0.4) is 0 Å². The topological polar surface area (TPSA) is 63.7 Å². The summed E-state index contributed by atoms with van der Waals surface area (Å²) >= 11 is 4.52. The summed E-state index contributed by atoms with van der Waals surface area (Å²) in [6.07, 6.45) is -4.97. The van der Waals surface area contributed by atoms with Crippen LogP contribution in [0.1, 0.15) is 21.5 Å². The number of methoxy groups -OCH3 is 1. The fraction of sp³-hybridized carbons (Fsp3) is 0.125. The number of fused-ring (bicyclic) bond motifs is 1. The van der Waals surface area contributed by atoms with Gasteiger partial charge in [0.2, 0.25) is 0 Å². The molecule has 0 aliphatic rings. The van der Waals surface area contributed by atoms with Gasteiger partial charge in [0, 0.05) is 10.1 Å². The molecule has 4 rings (SSSR count). The Morgan fingerprint density at radius 2 is 1.72 bits per heavy atom. The number of carbonyl (C=O) groups excluding carboxylic acids is 1. The van der Waals surface area contributed by atoms with Crippen LogP contribution in [-0.2, 0) is 27.5 Å². The first-order valence-electron chi connectivity index (χ1n) is 10.2. The van der Waals surface area contributed by atoms with Crippen LogP contribution >= 0.6 is 27.3 Å². The van der Waals surface area contributed by atoms with Crippen LogP contribution in [-0.4, -0.2) is 21.5 Å². The van der Waals surface area contributed by atoms with Gasteiger partial charge in [-0.05, 0) is 51.8 Å². The Balaban J connectivity index is 1.94. The van der Waals surface area contributed by atoms with Crippen molar-refractivity contribution in [1.82, 2.24) is 0 Å². The number of benzene rings is 3. The maximum absolute atomic E-state index is 14.0. The van der Waals surface area contributed by atoms with Crippen molar-refractivity contribution in [2.75, 3.05) is 11.4 Å². The third kappa shape index (κ3) is 4.84. The van der Waals surface area contributed by atoms with Crippen molar-refractivity contribution >= 4 is 58.3 Å². The van der Waals surface area contributed by atoms with E-state index in [1.54, 1.807) is 24.3 Å². The molecule has 0 radical (unpaired) electrons. The van der Waals surface area contributed by atoms with Gasteiger partial charge in [-0.25, -0.2) is 17.6 Å². The van der Waals surface area contributed by atoms with E-state index in [2.05, 4.69) is 15.9 Å². The summed E-state index contributed by atoms with van der Waals surface area (Å²) in [7, 11) is -3.43. The van der Waals surface area contributed by atoms with Crippen molar-refractivity contribution in [2.45, 2.75) is 17.6 Å². The number of hydrogen-bond acceptors (Lipinski definition) is 5. The monoisotopic (exact) mass is 601 g/mol. The molecule has 36 heavy (non-hydrogen) atoms. The average Bonchev–Trinajstić information content (AvgIpc) is 3.18.